The first-order valence-electron chi connectivity index (χ1n) is 7.52. The Morgan fingerprint density at radius 3 is 2.91 bits per heavy atom. The molecule has 0 N–H and O–H groups in total. The van der Waals surface area contributed by atoms with Gasteiger partial charge in [0.15, 0.2) is 0 Å². The standard InChI is InChI=1S/C17H19N3O2/c1-12-7-8-15-14(11-12)5-4-10-19(15)17(22)13(2)20-16(21)6-3-9-18-20/h3,6-9,11,13H,4-5,10H2,1-2H3. The van der Waals surface area contributed by atoms with Gasteiger partial charge in [-0.3, -0.25) is 9.59 Å². The lowest BCUT2D eigenvalue weighted by Crippen LogP contribution is -2.42. The molecule has 22 heavy (non-hydrogen) atoms. The second-order valence-electron chi connectivity index (χ2n) is 5.71. The summed E-state index contributed by atoms with van der Waals surface area (Å²) in [5.74, 6) is -0.0920. The van der Waals surface area contributed by atoms with E-state index in [0.717, 1.165) is 18.5 Å². The normalized spacial score (nSPS) is 15.3. The highest BCUT2D eigenvalue weighted by molar-refractivity contribution is 5.97. The van der Waals surface area contributed by atoms with Gasteiger partial charge in [0.25, 0.3) is 11.5 Å². The van der Waals surface area contributed by atoms with Crippen molar-refractivity contribution < 1.29 is 4.79 Å². The van der Waals surface area contributed by atoms with E-state index in [0.29, 0.717) is 6.54 Å². The van der Waals surface area contributed by atoms with E-state index < -0.39 is 6.04 Å². The Kier molecular flexibility index (Phi) is 3.79. The molecule has 5 heteroatoms. The van der Waals surface area contributed by atoms with Crippen LogP contribution in [0.5, 0.6) is 0 Å². The zero-order valence-electron chi connectivity index (χ0n) is 12.8. The van der Waals surface area contributed by atoms with Crippen LogP contribution in [0.4, 0.5) is 5.69 Å². The summed E-state index contributed by atoms with van der Waals surface area (Å²) in [5.41, 5.74) is 3.09. The van der Waals surface area contributed by atoms with Crippen molar-refractivity contribution in [3.8, 4) is 0 Å². The van der Waals surface area contributed by atoms with Gasteiger partial charge in [0.2, 0.25) is 0 Å². The number of rotatable bonds is 2. The Morgan fingerprint density at radius 2 is 2.14 bits per heavy atom. The molecule has 0 spiro atoms. The van der Waals surface area contributed by atoms with Gasteiger partial charge in [-0.1, -0.05) is 17.7 Å². The van der Waals surface area contributed by atoms with E-state index in [1.807, 2.05) is 12.1 Å². The van der Waals surface area contributed by atoms with Crippen molar-refractivity contribution in [2.75, 3.05) is 11.4 Å². The summed E-state index contributed by atoms with van der Waals surface area (Å²) in [6.07, 6.45) is 3.45. The van der Waals surface area contributed by atoms with Crippen LogP contribution in [-0.2, 0) is 11.2 Å². The topological polar surface area (TPSA) is 55.2 Å². The third-order valence-electron chi connectivity index (χ3n) is 4.09. The summed E-state index contributed by atoms with van der Waals surface area (Å²) >= 11 is 0. The molecule has 3 rings (SSSR count). The molecule has 1 aromatic heterocycles. The summed E-state index contributed by atoms with van der Waals surface area (Å²) in [5, 5.41) is 4.02. The number of nitrogens with zero attached hydrogens (tertiary/aromatic N) is 3. The van der Waals surface area contributed by atoms with E-state index in [-0.39, 0.29) is 11.5 Å². The number of aryl methyl sites for hydroxylation is 2. The molecule has 0 aliphatic carbocycles. The first kappa shape index (κ1) is 14.5. The van der Waals surface area contributed by atoms with E-state index in [1.165, 1.54) is 28.1 Å². The van der Waals surface area contributed by atoms with Crippen molar-refractivity contribution in [2.45, 2.75) is 32.7 Å². The van der Waals surface area contributed by atoms with Crippen LogP contribution in [0.25, 0.3) is 0 Å². The molecule has 0 bridgehead atoms. The van der Waals surface area contributed by atoms with Crippen LogP contribution in [0.15, 0.2) is 41.3 Å². The Bertz CT molecular complexity index is 766. The van der Waals surface area contributed by atoms with Crippen LogP contribution in [0, 0.1) is 6.92 Å². The van der Waals surface area contributed by atoms with Crippen molar-refractivity contribution in [2.24, 2.45) is 0 Å². The molecule has 1 unspecified atom stereocenters. The molecule has 1 aromatic carbocycles. The fraction of sp³-hybridized carbons (Fsp3) is 0.353. The maximum absolute atomic E-state index is 12.8. The monoisotopic (exact) mass is 297 g/mol. The van der Waals surface area contributed by atoms with Crippen LogP contribution >= 0.6 is 0 Å². The van der Waals surface area contributed by atoms with Gasteiger partial charge in [-0.25, -0.2) is 4.68 Å². The third-order valence-corrected chi connectivity index (χ3v) is 4.09. The molecule has 0 saturated heterocycles. The lowest BCUT2D eigenvalue weighted by Gasteiger charge is -2.31. The number of amides is 1. The number of aromatic nitrogens is 2. The average Bonchev–Trinajstić information content (AvgIpc) is 2.53. The average molecular weight is 297 g/mol. The van der Waals surface area contributed by atoms with Crippen LogP contribution in [0.1, 0.15) is 30.5 Å². The molecule has 114 valence electrons. The minimum absolute atomic E-state index is 0.0920. The first-order valence-corrected chi connectivity index (χ1v) is 7.52. The van der Waals surface area contributed by atoms with Crippen molar-refractivity contribution in [3.63, 3.8) is 0 Å². The van der Waals surface area contributed by atoms with Crippen molar-refractivity contribution in [3.05, 3.63) is 58.0 Å². The second kappa shape index (κ2) is 5.75. The van der Waals surface area contributed by atoms with E-state index in [2.05, 4.69) is 18.1 Å². The number of anilines is 1. The lowest BCUT2D eigenvalue weighted by molar-refractivity contribution is -0.121. The molecule has 0 fully saturated rings. The van der Waals surface area contributed by atoms with Crippen LogP contribution in [0.3, 0.4) is 0 Å². The predicted molar refractivity (Wildman–Crippen MR) is 85.1 cm³/mol. The van der Waals surface area contributed by atoms with Crippen LogP contribution < -0.4 is 10.5 Å². The minimum Gasteiger partial charge on any atom is -0.310 e. The minimum atomic E-state index is -0.610. The summed E-state index contributed by atoms with van der Waals surface area (Å²) in [6, 6.07) is 8.53. The summed E-state index contributed by atoms with van der Waals surface area (Å²) in [6.45, 7) is 4.46. The Morgan fingerprint density at radius 1 is 1.32 bits per heavy atom. The Balaban J connectivity index is 1.94. The maximum Gasteiger partial charge on any atom is 0.267 e. The van der Waals surface area contributed by atoms with Gasteiger partial charge >= 0.3 is 0 Å². The smallest absolute Gasteiger partial charge is 0.267 e. The molecule has 5 nitrogen and oxygen atoms in total. The second-order valence-corrected chi connectivity index (χ2v) is 5.71. The predicted octanol–water partition coefficient (Wildman–Crippen LogP) is 2.09. The number of carbonyl (C=O) groups excluding carboxylic acids is 1. The summed E-state index contributed by atoms with van der Waals surface area (Å²) in [4.78, 5) is 26.5. The number of benzene rings is 1. The molecule has 1 atom stereocenters. The molecule has 0 saturated carbocycles. The van der Waals surface area contributed by atoms with Gasteiger partial charge in [0, 0.05) is 24.5 Å². The number of hydrogen-bond acceptors (Lipinski definition) is 3. The third kappa shape index (κ3) is 2.54. The van der Waals surface area contributed by atoms with Gasteiger partial charge in [0.05, 0.1) is 0 Å². The van der Waals surface area contributed by atoms with Crippen LogP contribution in [0.2, 0.25) is 0 Å². The largest absolute Gasteiger partial charge is 0.310 e. The molecular weight excluding hydrogens is 278 g/mol. The Labute approximate surface area is 129 Å². The Hall–Kier alpha value is -2.43. The zero-order valence-corrected chi connectivity index (χ0v) is 12.8. The van der Waals surface area contributed by atoms with Gasteiger partial charge in [-0.2, -0.15) is 5.10 Å². The van der Waals surface area contributed by atoms with E-state index in [4.69, 9.17) is 0 Å². The highest BCUT2D eigenvalue weighted by Gasteiger charge is 2.28. The summed E-state index contributed by atoms with van der Waals surface area (Å²) in [7, 11) is 0. The number of fused-ring (bicyclic) bond motifs is 1. The lowest BCUT2D eigenvalue weighted by atomic mass is 9.99. The van der Waals surface area contributed by atoms with E-state index >= 15 is 0 Å². The van der Waals surface area contributed by atoms with Gasteiger partial charge in [-0.15, -0.1) is 0 Å². The summed E-state index contributed by atoms with van der Waals surface area (Å²) < 4.78 is 1.24. The van der Waals surface area contributed by atoms with Crippen molar-refractivity contribution in [1.82, 2.24) is 9.78 Å². The molecule has 1 aliphatic rings. The highest BCUT2D eigenvalue weighted by atomic mass is 16.2. The van der Waals surface area contributed by atoms with E-state index in [1.54, 1.807) is 17.9 Å². The van der Waals surface area contributed by atoms with Gasteiger partial charge in [0.1, 0.15) is 6.04 Å². The first-order chi connectivity index (χ1) is 10.6. The van der Waals surface area contributed by atoms with E-state index in [9.17, 15) is 9.59 Å². The fourth-order valence-electron chi connectivity index (χ4n) is 2.94. The fourth-order valence-corrected chi connectivity index (χ4v) is 2.94. The zero-order chi connectivity index (χ0) is 15.7. The molecule has 0 radical (unpaired) electrons. The molecule has 1 amide bonds. The van der Waals surface area contributed by atoms with Crippen LogP contribution in [-0.4, -0.2) is 22.2 Å². The van der Waals surface area contributed by atoms with Gasteiger partial charge < -0.3 is 4.90 Å². The SMILES string of the molecule is Cc1ccc2c(c1)CCCN2C(=O)C(C)n1ncccc1=O. The number of carbonyl (C=O) groups is 1. The number of hydrogen-bond donors (Lipinski definition) is 0. The molecular formula is C17H19N3O2. The molecule has 2 heterocycles. The van der Waals surface area contributed by atoms with Gasteiger partial charge in [-0.05, 0) is 44.4 Å². The molecule has 2 aromatic rings. The molecule has 1 aliphatic heterocycles. The highest BCUT2D eigenvalue weighted by Crippen LogP contribution is 2.29. The van der Waals surface area contributed by atoms with Crippen molar-refractivity contribution in [1.29, 1.82) is 0 Å². The quantitative estimate of drug-likeness (QED) is 0.853. The van der Waals surface area contributed by atoms with Crippen molar-refractivity contribution >= 4 is 11.6 Å². The maximum atomic E-state index is 12.8.